The van der Waals surface area contributed by atoms with Gasteiger partial charge in [0, 0.05) is 29.0 Å². The predicted octanol–water partition coefficient (Wildman–Crippen LogP) is 3.78. The van der Waals surface area contributed by atoms with Gasteiger partial charge in [0.05, 0.1) is 0 Å². The van der Waals surface area contributed by atoms with Gasteiger partial charge in [-0.15, -0.1) is 0 Å². The highest BCUT2D eigenvalue weighted by molar-refractivity contribution is 5.87. The fraction of sp³-hybridized carbons (Fsp3) is 0.824. The molecule has 4 atom stereocenters. The number of piperidine rings is 1. The van der Waals surface area contributed by atoms with Crippen LogP contribution in [0.5, 0.6) is 0 Å². The van der Waals surface area contributed by atoms with Crippen LogP contribution < -0.4 is 0 Å². The summed E-state index contributed by atoms with van der Waals surface area (Å²) in [6.45, 7) is 16.6. The van der Waals surface area contributed by atoms with Gasteiger partial charge in [-0.2, -0.15) is 0 Å². The van der Waals surface area contributed by atoms with E-state index in [9.17, 15) is 4.79 Å². The zero-order chi connectivity index (χ0) is 15.7. The molecule has 1 heterocycles. The molecule has 116 valence electrons. The van der Waals surface area contributed by atoms with Gasteiger partial charge in [-0.25, -0.2) is 4.79 Å². The summed E-state index contributed by atoms with van der Waals surface area (Å²) in [5, 5.41) is 0. The number of carbonyl (C=O) groups is 1. The third-order valence-electron chi connectivity index (χ3n) is 5.84. The summed E-state index contributed by atoms with van der Waals surface area (Å²) >= 11 is 0. The van der Waals surface area contributed by atoms with Crippen LogP contribution in [0.4, 0.5) is 0 Å². The molecular formula is C17H31NO2. The third kappa shape index (κ3) is 2.78. The SMILES string of the molecule is C=C(C)C(=O)OC1CC(C)(CC)N(C)C(C)(CC)C1C. The maximum atomic E-state index is 11.9. The molecule has 1 rings (SSSR count). The molecule has 0 amide bonds. The number of nitrogens with zero attached hydrogens (tertiary/aromatic N) is 1. The highest BCUT2D eigenvalue weighted by Gasteiger charge is 2.52. The van der Waals surface area contributed by atoms with Crippen molar-refractivity contribution < 1.29 is 9.53 Å². The quantitative estimate of drug-likeness (QED) is 0.580. The van der Waals surface area contributed by atoms with E-state index in [1.165, 1.54) is 0 Å². The molecule has 3 nitrogen and oxygen atoms in total. The van der Waals surface area contributed by atoms with Crippen LogP contribution in [0.1, 0.15) is 60.8 Å². The summed E-state index contributed by atoms with van der Waals surface area (Å²) in [6, 6.07) is 0. The van der Waals surface area contributed by atoms with Gasteiger partial charge >= 0.3 is 5.97 Å². The van der Waals surface area contributed by atoms with Crippen LogP contribution in [0.15, 0.2) is 12.2 Å². The average Bonchev–Trinajstić information content (AvgIpc) is 2.42. The topological polar surface area (TPSA) is 29.5 Å². The smallest absolute Gasteiger partial charge is 0.333 e. The van der Waals surface area contributed by atoms with Crippen LogP contribution in [0.3, 0.4) is 0 Å². The van der Waals surface area contributed by atoms with Gasteiger partial charge in [-0.05, 0) is 40.7 Å². The Morgan fingerprint density at radius 2 is 1.90 bits per heavy atom. The van der Waals surface area contributed by atoms with E-state index < -0.39 is 0 Å². The number of esters is 1. The molecule has 1 saturated heterocycles. The Bertz CT molecular complexity index is 392. The summed E-state index contributed by atoms with van der Waals surface area (Å²) in [5.74, 6) is 0.0451. The minimum Gasteiger partial charge on any atom is -0.459 e. The van der Waals surface area contributed by atoms with Crippen molar-refractivity contribution in [1.29, 1.82) is 0 Å². The van der Waals surface area contributed by atoms with E-state index in [1.54, 1.807) is 6.92 Å². The lowest BCUT2D eigenvalue weighted by molar-refractivity contribution is -0.168. The standard InChI is InChI=1S/C17H31NO2/c1-9-16(6)11-14(20-15(19)12(3)4)13(5)17(7,10-2)18(16)8/h13-14H,3,9-11H2,1-2,4-8H3. The Hall–Kier alpha value is -0.830. The van der Waals surface area contributed by atoms with Crippen molar-refractivity contribution >= 4 is 5.97 Å². The molecule has 4 unspecified atom stereocenters. The van der Waals surface area contributed by atoms with E-state index in [0.717, 1.165) is 19.3 Å². The lowest BCUT2D eigenvalue weighted by atomic mass is 9.68. The van der Waals surface area contributed by atoms with E-state index in [4.69, 9.17) is 4.74 Å². The second kappa shape index (κ2) is 5.88. The van der Waals surface area contributed by atoms with E-state index in [-0.39, 0.29) is 23.2 Å². The van der Waals surface area contributed by atoms with Gasteiger partial charge in [0.1, 0.15) is 6.10 Å². The molecule has 0 spiro atoms. The summed E-state index contributed by atoms with van der Waals surface area (Å²) in [7, 11) is 2.21. The molecule has 3 heteroatoms. The Labute approximate surface area is 124 Å². The molecule has 0 aliphatic carbocycles. The normalized spacial score (nSPS) is 38.5. The summed E-state index contributed by atoms with van der Waals surface area (Å²) in [5.41, 5.74) is 0.591. The fourth-order valence-corrected chi connectivity index (χ4v) is 3.39. The monoisotopic (exact) mass is 281 g/mol. The van der Waals surface area contributed by atoms with E-state index in [2.05, 4.69) is 53.1 Å². The lowest BCUT2D eigenvalue weighted by Crippen LogP contribution is -2.66. The molecule has 0 N–H and O–H groups in total. The minimum atomic E-state index is -0.261. The largest absolute Gasteiger partial charge is 0.459 e. The second-order valence-corrected chi connectivity index (χ2v) is 6.84. The molecular weight excluding hydrogens is 250 g/mol. The fourth-order valence-electron chi connectivity index (χ4n) is 3.39. The van der Waals surface area contributed by atoms with Crippen molar-refractivity contribution in [3.63, 3.8) is 0 Å². The van der Waals surface area contributed by atoms with Crippen LogP contribution in [0.2, 0.25) is 0 Å². The van der Waals surface area contributed by atoms with Crippen LogP contribution >= 0.6 is 0 Å². The zero-order valence-electron chi connectivity index (χ0n) is 14.2. The van der Waals surface area contributed by atoms with Gasteiger partial charge in [-0.1, -0.05) is 27.4 Å². The number of carbonyl (C=O) groups excluding carboxylic acids is 1. The van der Waals surface area contributed by atoms with Crippen molar-refractivity contribution in [1.82, 2.24) is 4.90 Å². The summed E-state index contributed by atoms with van der Waals surface area (Å²) < 4.78 is 5.74. The van der Waals surface area contributed by atoms with Crippen molar-refractivity contribution in [2.45, 2.75) is 78.0 Å². The molecule has 0 aromatic heterocycles. The van der Waals surface area contributed by atoms with Gasteiger partial charge in [0.2, 0.25) is 0 Å². The zero-order valence-corrected chi connectivity index (χ0v) is 14.2. The van der Waals surface area contributed by atoms with E-state index in [0.29, 0.717) is 11.5 Å². The molecule has 0 aromatic carbocycles. The molecule has 20 heavy (non-hydrogen) atoms. The van der Waals surface area contributed by atoms with Gasteiger partial charge < -0.3 is 4.74 Å². The molecule has 1 aliphatic rings. The first-order valence-electron chi connectivity index (χ1n) is 7.72. The lowest BCUT2D eigenvalue weighted by Gasteiger charge is -2.59. The second-order valence-electron chi connectivity index (χ2n) is 6.84. The van der Waals surface area contributed by atoms with Crippen LogP contribution in [0.25, 0.3) is 0 Å². The van der Waals surface area contributed by atoms with Crippen LogP contribution in [0, 0.1) is 5.92 Å². The molecule has 0 radical (unpaired) electrons. The van der Waals surface area contributed by atoms with Crippen LogP contribution in [-0.2, 0) is 9.53 Å². The van der Waals surface area contributed by atoms with Gasteiger partial charge in [-0.3, -0.25) is 4.90 Å². The highest BCUT2D eigenvalue weighted by atomic mass is 16.5. The first-order valence-corrected chi connectivity index (χ1v) is 7.72. The Kier molecular flexibility index (Phi) is 5.07. The molecule has 0 bridgehead atoms. The molecule has 1 fully saturated rings. The van der Waals surface area contributed by atoms with Gasteiger partial charge in [0.15, 0.2) is 0 Å². The van der Waals surface area contributed by atoms with Gasteiger partial charge in [0.25, 0.3) is 0 Å². The average molecular weight is 281 g/mol. The number of rotatable bonds is 4. The highest BCUT2D eigenvalue weighted by Crippen LogP contribution is 2.45. The van der Waals surface area contributed by atoms with E-state index in [1.807, 2.05) is 0 Å². The van der Waals surface area contributed by atoms with Crippen molar-refractivity contribution in [3.05, 3.63) is 12.2 Å². The third-order valence-corrected chi connectivity index (χ3v) is 5.84. The molecule has 0 saturated carbocycles. The number of likely N-dealkylation sites (tertiary alicyclic amines) is 1. The number of ether oxygens (including phenoxy) is 1. The molecule has 1 aliphatic heterocycles. The van der Waals surface area contributed by atoms with Crippen LogP contribution in [-0.4, -0.2) is 35.1 Å². The number of hydrogen-bond acceptors (Lipinski definition) is 3. The Balaban J connectivity index is 3.08. The van der Waals surface area contributed by atoms with E-state index >= 15 is 0 Å². The maximum absolute atomic E-state index is 11.9. The Morgan fingerprint density at radius 3 is 2.30 bits per heavy atom. The van der Waals surface area contributed by atoms with Crippen molar-refractivity contribution in [2.24, 2.45) is 5.92 Å². The first-order chi connectivity index (χ1) is 9.12. The molecule has 0 aromatic rings. The number of hydrogen-bond donors (Lipinski definition) is 0. The maximum Gasteiger partial charge on any atom is 0.333 e. The summed E-state index contributed by atoms with van der Waals surface area (Å²) in [6.07, 6.45) is 2.94. The predicted molar refractivity (Wildman–Crippen MR) is 83.6 cm³/mol. The summed E-state index contributed by atoms with van der Waals surface area (Å²) in [4.78, 5) is 14.4. The van der Waals surface area contributed by atoms with Crippen molar-refractivity contribution in [2.75, 3.05) is 7.05 Å². The minimum absolute atomic E-state index is 0.0368. The Morgan fingerprint density at radius 1 is 1.35 bits per heavy atom. The first kappa shape index (κ1) is 17.2. The van der Waals surface area contributed by atoms with Crippen molar-refractivity contribution in [3.8, 4) is 0 Å².